The monoisotopic (exact) mass is 228 g/mol. The Morgan fingerprint density at radius 3 is 2.81 bits per heavy atom. The number of ether oxygens (including phenoxy) is 1. The maximum absolute atomic E-state index is 11.1. The second-order valence-electron chi connectivity index (χ2n) is 2.99. The van der Waals surface area contributed by atoms with E-state index in [-0.39, 0.29) is 12.2 Å². The Hall–Kier alpha value is -1.73. The lowest BCUT2D eigenvalue weighted by Gasteiger charge is -2.15. The van der Waals surface area contributed by atoms with Gasteiger partial charge in [-0.25, -0.2) is 14.6 Å². The molecule has 2 unspecified atom stereocenters. The van der Waals surface area contributed by atoms with Crippen molar-refractivity contribution in [2.24, 2.45) is 0 Å². The van der Waals surface area contributed by atoms with Gasteiger partial charge in [-0.2, -0.15) is 0 Å². The third kappa shape index (κ3) is 2.88. The van der Waals surface area contributed by atoms with E-state index < -0.39 is 23.9 Å². The molecule has 0 radical (unpaired) electrons. The van der Waals surface area contributed by atoms with Gasteiger partial charge in [0.2, 0.25) is 0 Å². The fourth-order valence-corrected chi connectivity index (χ4v) is 1.05. The zero-order chi connectivity index (χ0) is 12.1. The van der Waals surface area contributed by atoms with Gasteiger partial charge in [-0.05, 0) is 6.92 Å². The van der Waals surface area contributed by atoms with Crippen molar-refractivity contribution in [1.29, 1.82) is 0 Å². The van der Waals surface area contributed by atoms with Gasteiger partial charge in [-0.1, -0.05) is 0 Å². The van der Waals surface area contributed by atoms with Gasteiger partial charge < -0.3 is 19.9 Å². The first-order chi connectivity index (χ1) is 7.56. The summed E-state index contributed by atoms with van der Waals surface area (Å²) in [4.78, 5) is 27.3. The van der Waals surface area contributed by atoms with Crippen molar-refractivity contribution in [3.63, 3.8) is 0 Å². The molecule has 0 aliphatic heterocycles. The highest BCUT2D eigenvalue weighted by atomic mass is 16.5. The van der Waals surface area contributed by atoms with Gasteiger partial charge in [0.15, 0.2) is 6.10 Å². The molecular weight excluding hydrogens is 216 g/mol. The lowest BCUT2D eigenvalue weighted by atomic mass is 10.1. The van der Waals surface area contributed by atoms with Crippen LogP contribution in [0.15, 0.2) is 17.2 Å². The van der Waals surface area contributed by atoms with E-state index in [1.807, 2.05) is 0 Å². The van der Waals surface area contributed by atoms with Crippen LogP contribution in [0.2, 0.25) is 0 Å². The maximum Gasteiger partial charge on any atom is 0.344 e. The quantitative estimate of drug-likeness (QED) is 0.554. The molecule has 0 aliphatic carbocycles. The average molecular weight is 228 g/mol. The number of nitrogens with zero attached hydrogens (tertiary/aromatic N) is 1. The van der Waals surface area contributed by atoms with Crippen LogP contribution in [-0.4, -0.2) is 38.9 Å². The smallest absolute Gasteiger partial charge is 0.344 e. The van der Waals surface area contributed by atoms with Crippen molar-refractivity contribution < 1.29 is 19.7 Å². The van der Waals surface area contributed by atoms with Gasteiger partial charge in [-0.3, -0.25) is 0 Å². The summed E-state index contributed by atoms with van der Waals surface area (Å²) in [7, 11) is 0. The molecule has 0 saturated carbocycles. The fraction of sp³-hybridized carbons (Fsp3) is 0.444. The highest BCUT2D eigenvalue weighted by Gasteiger charge is 2.27. The molecular formula is C9H12N2O5. The third-order valence-corrected chi connectivity index (χ3v) is 1.86. The maximum atomic E-state index is 11.1. The molecule has 1 aromatic rings. The third-order valence-electron chi connectivity index (χ3n) is 1.86. The predicted molar refractivity (Wildman–Crippen MR) is 52.5 cm³/mol. The average Bonchev–Trinajstić information content (AvgIpc) is 2.28. The number of aliphatic hydroxyl groups is 2. The van der Waals surface area contributed by atoms with Crippen molar-refractivity contribution >= 4 is 5.97 Å². The molecule has 1 rings (SSSR count). The van der Waals surface area contributed by atoms with E-state index in [9.17, 15) is 19.8 Å². The van der Waals surface area contributed by atoms with E-state index in [4.69, 9.17) is 0 Å². The normalized spacial score (nSPS) is 14.2. The second-order valence-corrected chi connectivity index (χ2v) is 2.99. The Balaban J connectivity index is 2.77. The summed E-state index contributed by atoms with van der Waals surface area (Å²) in [6.07, 6.45) is -0.940. The molecule has 0 saturated heterocycles. The van der Waals surface area contributed by atoms with E-state index in [0.717, 1.165) is 6.20 Å². The first-order valence-corrected chi connectivity index (χ1v) is 4.63. The van der Waals surface area contributed by atoms with Crippen LogP contribution in [0.1, 0.15) is 18.6 Å². The highest BCUT2D eigenvalue weighted by molar-refractivity contribution is 5.75. The standard InChI is InChI=1S/C9H12N2O5/c1-2-16-8(14)7(13)6(12)5-3-10-9(15)11-4-5/h3-4,6-7,12-13H,2H2,1H3,(H,10,11,15). The molecule has 0 bridgehead atoms. The summed E-state index contributed by atoms with van der Waals surface area (Å²) in [5, 5.41) is 19.0. The van der Waals surface area contributed by atoms with Crippen LogP contribution in [-0.2, 0) is 9.53 Å². The lowest BCUT2D eigenvalue weighted by molar-refractivity contribution is -0.159. The van der Waals surface area contributed by atoms with Crippen LogP contribution in [0.25, 0.3) is 0 Å². The molecule has 0 fully saturated rings. The van der Waals surface area contributed by atoms with Crippen LogP contribution >= 0.6 is 0 Å². The first-order valence-electron chi connectivity index (χ1n) is 4.63. The van der Waals surface area contributed by atoms with Gasteiger partial charge in [0.1, 0.15) is 6.10 Å². The molecule has 16 heavy (non-hydrogen) atoms. The molecule has 0 spiro atoms. The molecule has 3 N–H and O–H groups in total. The van der Waals surface area contributed by atoms with Crippen molar-refractivity contribution in [2.45, 2.75) is 19.1 Å². The Bertz CT molecular complexity index is 396. The van der Waals surface area contributed by atoms with E-state index in [0.29, 0.717) is 0 Å². The second kappa shape index (κ2) is 5.38. The number of nitrogens with one attached hydrogen (secondary N) is 1. The van der Waals surface area contributed by atoms with E-state index in [1.54, 1.807) is 6.92 Å². The number of carbonyl (C=O) groups is 1. The minimum atomic E-state index is -1.70. The van der Waals surface area contributed by atoms with Crippen LogP contribution in [0, 0.1) is 0 Å². The Morgan fingerprint density at radius 2 is 2.31 bits per heavy atom. The molecule has 1 heterocycles. The predicted octanol–water partition coefficient (Wildman–Crippen LogP) is -1.27. The Kier molecular flexibility index (Phi) is 4.15. The van der Waals surface area contributed by atoms with Crippen molar-refractivity contribution in [2.75, 3.05) is 6.61 Å². The van der Waals surface area contributed by atoms with Crippen LogP contribution < -0.4 is 5.69 Å². The van der Waals surface area contributed by atoms with Gasteiger partial charge in [0, 0.05) is 18.0 Å². The van der Waals surface area contributed by atoms with Gasteiger partial charge in [0.25, 0.3) is 0 Å². The molecule has 0 aromatic carbocycles. The highest BCUT2D eigenvalue weighted by Crippen LogP contribution is 2.14. The van der Waals surface area contributed by atoms with Crippen molar-refractivity contribution in [3.05, 3.63) is 28.4 Å². The summed E-state index contributed by atoms with van der Waals surface area (Å²) >= 11 is 0. The number of rotatable bonds is 4. The summed E-state index contributed by atoms with van der Waals surface area (Å²) in [6.45, 7) is 1.69. The lowest BCUT2D eigenvalue weighted by Crippen LogP contribution is -2.30. The topological polar surface area (TPSA) is 113 Å². The minimum absolute atomic E-state index is 0.104. The zero-order valence-corrected chi connectivity index (χ0v) is 8.58. The summed E-state index contributed by atoms with van der Waals surface area (Å²) < 4.78 is 4.53. The van der Waals surface area contributed by atoms with E-state index in [2.05, 4.69) is 14.7 Å². The molecule has 7 heteroatoms. The molecule has 0 aliphatic rings. The van der Waals surface area contributed by atoms with E-state index in [1.165, 1.54) is 6.20 Å². The number of H-pyrrole nitrogens is 1. The van der Waals surface area contributed by atoms with Crippen LogP contribution in [0.4, 0.5) is 0 Å². The molecule has 0 amide bonds. The number of carbonyl (C=O) groups excluding carboxylic acids is 1. The number of esters is 1. The molecule has 1 aromatic heterocycles. The Labute approximate surface area is 90.7 Å². The van der Waals surface area contributed by atoms with E-state index >= 15 is 0 Å². The zero-order valence-electron chi connectivity index (χ0n) is 8.58. The minimum Gasteiger partial charge on any atom is -0.464 e. The van der Waals surface area contributed by atoms with Crippen molar-refractivity contribution in [1.82, 2.24) is 9.97 Å². The van der Waals surface area contributed by atoms with Gasteiger partial charge in [-0.15, -0.1) is 0 Å². The van der Waals surface area contributed by atoms with Crippen molar-refractivity contribution in [3.8, 4) is 0 Å². The number of aliphatic hydroxyl groups excluding tert-OH is 2. The fourth-order valence-electron chi connectivity index (χ4n) is 1.05. The summed E-state index contributed by atoms with van der Waals surface area (Å²) in [6, 6.07) is 0. The molecule has 88 valence electrons. The number of hydrogen-bond donors (Lipinski definition) is 3. The first kappa shape index (κ1) is 12.3. The summed E-state index contributed by atoms with van der Waals surface area (Å²) in [5.41, 5.74) is -0.457. The van der Waals surface area contributed by atoms with Crippen LogP contribution in [0.5, 0.6) is 0 Å². The molecule has 2 atom stereocenters. The van der Waals surface area contributed by atoms with Crippen LogP contribution in [0.3, 0.4) is 0 Å². The molecule has 7 nitrogen and oxygen atoms in total. The number of aromatic nitrogens is 2. The number of hydrogen-bond acceptors (Lipinski definition) is 6. The number of aromatic amines is 1. The van der Waals surface area contributed by atoms with Gasteiger partial charge in [0.05, 0.1) is 6.61 Å². The Morgan fingerprint density at radius 1 is 1.62 bits per heavy atom. The SMILES string of the molecule is CCOC(=O)C(O)C(O)c1cnc(=O)[nH]c1. The largest absolute Gasteiger partial charge is 0.464 e. The summed E-state index contributed by atoms with van der Waals surface area (Å²) in [5.74, 6) is -0.929. The van der Waals surface area contributed by atoms with Gasteiger partial charge >= 0.3 is 11.7 Å².